The number of carbonyl (C=O) groups is 1. The Morgan fingerprint density at radius 1 is 1.13 bits per heavy atom. The van der Waals surface area contributed by atoms with E-state index in [-0.39, 0.29) is 24.1 Å². The summed E-state index contributed by atoms with van der Waals surface area (Å²) in [5.41, 5.74) is 3.04. The minimum absolute atomic E-state index is 0.152. The fraction of sp³-hybridized carbons (Fsp3) is 0.276. The molecule has 38 heavy (non-hydrogen) atoms. The van der Waals surface area contributed by atoms with E-state index in [4.69, 9.17) is 16.3 Å². The van der Waals surface area contributed by atoms with Gasteiger partial charge in [-0.2, -0.15) is 0 Å². The molecule has 198 valence electrons. The van der Waals surface area contributed by atoms with Crippen LogP contribution in [0.3, 0.4) is 0 Å². The van der Waals surface area contributed by atoms with Gasteiger partial charge < -0.3 is 4.74 Å². The second-order valence-corrected chi connectivity index (χ2v) is 12.8. The van der Waals surface area contributed by atoms with Crippen LogP contribution in [0.5, 0.6) is 0 Å². The van der Waals surface area contributed by atoms with Crippen LogP contribution in [0.15, 0.2) is 94.3 Å². The predicted molar refractivity (Wildman–Crippen MR) is 153 cm³/mol. The summed E-state index contributed by atoms with van der Waals surface area (Å²) in [5, 5.41) is 0.469. The minimum atomic E-state index is -3.73. The Bertz CT molecular complexity index is 1460. The van der Waals surface area contributed by atoms with E-state index in [1.54, 1.807) is 17.0 Å². The third-order valence-electron chi connectivity index (χ3n) is 7.50. The summed E-state index contributed by atoms with van der Waals surface area (Å²) < 4.78 is 35.4. The summed E-state index contributed by atoms with van der Waals surface area (Å²) in [5.74, 6) is 0. The number of halogens is 2. The monoisotopic (exact) mass is 614 g/mol. The molecule has 1 aliphatic carbocycles. The normalized spacial score (nSPS) is 20.6. The number of nitrogens with zero attached hydrogens (tertiary/aromatic N) is 1. The molecule has 0 aromatic heterocycles. The molecule has 1 heterocycles. The predicted octanol–water partition coefficient (Wildman–Crippen LogP) is 6.97. The molecule has 6 nitrogen and oxygen atoms in total. The van der Waals surface area contributed by atoms with Gasteiger partial charge in [-0.05, 0) is 79.3 Å². The second kappa shape index (κ2) is 10.8. The number of hydrogen-bond donors (Lipinski definition) is 1. The van der Waals surface area contributed by atoms with Crippen molar-refractivity contribution in [1.29, 1.82) is 0 Å². The number of sulfonamides is 1. The van der Waals surface area contributed by atoms with Crippen molar-refractivity contribution in [3.05, 3.63) is 106 Å². The Morgan fingerprint density at radius 2 is 1.87 bits per heavy atom. The van der Waals surface area contributed by atoms with Gasteiger partial charge in [0.2, 0.25) is 10.0 Å². The second-order valence-electron chi connectivity index (χ2n) is 9.66. The Labute approximate surface area is 236 Å². The Hall–Kier alpha value is -2.65. The third kappa shape index (κ3) is 5.02. The summed E-state index contributed by atoms with van der Waals surface area (Å²) in [4.78, 5) is 15.5. The lowest BCUT2D eigenvalue weighted by atomic mass is 9.63. The number of fused-ring (bicyclic) bond motifs is 3. The summed E-state index contributed by atoms with van der Waals surface area (Å²) >= 11 is 9.52. The van der Waals surface area contributed by atoms with Gasteiger partial charge in [0.1, 0.15) is 6.61 Å². The summed E-state index contributed by atoms with van der Waals surface area (Å²) in [6.45, 7) is 4.79. The average Bonchev–Trinajstić information content (AvgIpc) is 3.19. The molecule has 0 spiro atoms. The van der Waals surface area contributed by atoms with E-state index >= 15 is 0 Å². The molecular weight excluding hydrogens is 588 g/mol. The number of benzene rings is 3. The van der Waals surface area contributed by atoms with Crippen molar-refractivity contribution in [1.82, 2.24) is 4.72 Å². The maximum absolute atomic E-state index is 13.6. The van der Waals surface area contributed by atoms with Crippen molar-refractivity contribution in [2.45, 2.75) is 48.6 Å². The van der Waals surface area contributed by atoms with Crippen molar-refractivity contribution in [3.63, 3.8) is 0 Å². The molecule has 3 aromatic carbocycles. The van der Waals surface area contributed by atoms with Crippen LogP contribution in [0, 0.1) is 0 Å². The zero-order valence-corrected chi connectivity index (χ0v) is 23.9. The zero-order valence-electron chi connectivity index (χ0n) is 20.7. The van der Waals surface area contributed by atoms with Crippen LogP contribution in [0.2, 0.25) is 5.02 Å². The fourth-order valence-corrected chi connectivity index (χ4v) is 7.27. The number of carbonyl (C=O) groups excluding carboxylic acids is 1. The summed E-state index contributed by atoms with van der Waals surface area (Å²) in [7, 11) is -3.73. The molecule has 0 unspecified atom stereocenters. The van der Waals surface area contributed by atoms with Gasteiger partial charge in [-0.3, -0.25) is 4.90 Å². The van der Waals surface area contributed by atoms with Gasteiger partial charge in [-0.1, -0.05) is 70.0 Å². The van der Waals surface area contributed by atoms with Gasteiger partial charge in [-0.15, -0.1) is 0 Å². The number of rotatable bonds is 7. The van der Waals surface area contributed by atoms with Crippen molar-refractivity contribution in [2.24, 2.45) is 0 Å². The van der Waals surface area contributed by atoms with Gasteiger partial charge in [0.15, 0.2) is 0 Å². The molecular formula is C29H28BrClN2O4S. The first kappa shape index (κ1) is 26.9. The number of nitrogens with one attached hydrogen (secondary N) is 1. The molecule has 1 saturated carbocycles. The first-order valence-corrected chi connectivity index (χ1v) is 15.1. The van der Waals surface area contributed by atoms with E-state index < -0.39 is 21.5 Å². The van der Waals surface area contributed by atoms with Crippen LogP contribution in [0.1, 0.15) is 36.8 Å². The third-order valence-corrected chi connectivity index (χ3v) is 9.73. The van der Waals surface area contributed by atoms with Crippen LogP contribution in [0.25, 0.3) is 0 Å². The van der Waals surface area contributed by atoms with Gasteiger partial charge in [0, 0.05) is 21.5 Å². The highest BCUT2D eigenvalue weighted by Gasteiger charge is 2.55. The maximum Gasteiger partial charge on any atom is 0.414 e. The van der Waals surface area contributed by atoms with E-state index in [2.05, 4.69) is 27.2 Å². The van der Waals surface area contributed by atoms with Crippen molar-refractivity contribution < 1.29 is 17.9 Å². The van der Waals surface area contributed by atoms with E-state index in [9.17, 15) is 13.2 Å². The number of anilines is 1. The molecule has 0 saturated heterocycles. The molecule has 2 aliphatic rings. The largest absolute Gasteiger partial charge is 0.444 e. The smallest absolute Gasteiger partial charge is 0.414 e. The lowest BCUT2D eigenvalue weighted by Gasteiger charge is -2.44. The molecule has 1 amide bonds. The van der Waals surface area contributed by atoms with E-state index in [0.29, 0.717) is 11.4 Å². The van der Waals surface area contributed by atoms with Gasteiger partial charge in [0.25, 0.3) is 0 Å². The average molecular weight is 616 g/mol. The van der Waals surface area contributed by atoms with Gasteiger partial charge in [-0.25, -0.2) is 17.9 Å². The molecule has 2 atom stereocenters. The molecule has 9 heteroatoms. The minimum Gasteiger partial charge on any atom is -0.444 e. The number of ether oxygens (including phenoxy) is 1. The number of amides is 1. The Balaban J connectivity index is 1.44. The summed E-state index contributed by atoms with van der Waals surface area (Å²) in [6.07, 6.45) is 2.49. The molecule has 1 fully saturated rings. The van der Waals surface area contributed by atoms with Crippen LogP contribution >= 0.6 is 27.5 Å². The van der Waals surface area contributed by atoms with Crippen LogP contribution < -0.4 is 9.62 Å². The highest BCUT2D eigenvalue weighted by atomic mass is 79.9. The van der Waals surface area contributed by atoms with E-state index in [0.717, 1.165) is 46.1 Å². The summed E-state index contributed by atoms with van der Waals surface area (Å²) in [6, 6.07) is 21.3. The molecule has 3 aromatic rings. The zero-order chi connectivity index (χ0) is 26.9. The highest BCUT2D eigenvalue weighted by molar-refractivity contribution is 9.10. The lowest BCUT2D eigenvalue weighted by Crippen LogP contribution is -2.51. The molecule has 5 rings (SSSR count). The Morgan fingerprint density at radius 3 is 2.61 bits per heavy atom. The first-order chi connectivity index (χ1) is 18.2. The quantitative estimate of drug-likeness (QED) is 0.291. The molecule has 0 radical (unpaired) electrons. The van der Waals surface area contributed by atoms with Gasteiger partial charge in [0.05, 0.1) is 16.6 Å². The van der Waals surface area contributed by atoms with Crippen molar-refractivity contribution in [3.8, 4) is 0 Å². The van der Waals surface area contributed by atoms with Crippen molar-refractivity contribution >= 4 is 49.3 Å². The maximum atomic E-state index is 13.6. The Kier molecular flexibility index (Phi) is 7.69. The van der Waals surface area contributed by atoms with Gasteiger partial charge >= 0.3 is 6.09 Å². The van der Waals surface area contributed by atoms with Crippen LogP contribution in [-0.2, 0) is 26.8 Å². The number of hydrogen-bond acceptors (Lipinski definition) is 4. The highest BCUT2D eigenvalue weighted by Crippen LogP contribution is 2.56. The standard InChI is InChI=1S/C29H28BrClN2O4S/c1-20-6-5-9-27-29(20,16-17-32-38(35,36)24-13-11-23(31)12-14-24)25-18-22(30)10-15-26(25)33(27)28(34)37-19-21-7-3-2-4-8-21/h2-4,7-8,10-15,18,27,32H,1,5-6,9,16-17,19H2/t27-,29-/m0/s1. The molecule has 1 N–H and O–H groups in total. The van der Waals surface area contributed by atoms with E-state index in [1.165, 1.54) is 12.1 Å². The van der Waals surface area contributed by atoms with Crippen LogP contribution in [0.4, 0.5) is 10.5 Å². The lowest BCUT2D eigenvalue weighted by molar-refractivity contribution is 0.141. The molecule has 0 bridgehead atoms. The first-order valence-electron chi connectivity index (χ1n) is 12.5. The topological polar surface area (TPSA) is 75.7 Å². The van der Waals surface area contributed by atoms with Crippen molar-refractivity contribution in [2.75, 3.05) is 11.4 Å². The fourth-order valence-electron chi connectivity index (χ4n) is 5.75. The molecule has 1 aliphatic heterocycles. The van der Waals surface area contributed by atoms with E-state index in [1.807, 2.05) is 48.5 Å². The van der Waals surface area contributed by atoms with Crippen LogP contribution in [-0.4, -0.2) is 27.1 Å². The SMILES string of the molecule is C=C1CCC[C@@H]2N(C(=O)OCc3ccccc3)c3ccc(Br)cc3[C@]12CCNS(=O)(=O)c1ccc(Cl)cc1.